The van der Waals surface area contributed by atoms with E-state index in [2.05, 4.69) is 54.8 Å². The minimum atomic E-state index is -0.0727. The zero-order chi connectivity index (χ0) is 21.4. The molecule has 0 radical (unpaired) electrons. The van der Waals surface area contributed by atoms with Gasteiger partial charge in [-0.25, -0.2) is 9.97 Å². The van der Waals surface area contributed by atoms with Crippen molar-refractivity contribution in [3.63, 3.8) is 0 Å². The van der Waals surface area contributed by atoms with Gasteiger partial charge in [-0.15, -0.1) is 11.3 Å². The molecule has 0 aliphatic rings. The Morgan fingerprint density at radius 1 is 1.31 bits per heavy atom. The lowest BCUT2D eigenvalue weighted by Gasteiger charge is -2.11. The molecule has 154 valence electrons. The summed E-state index contributed by atoms with van der Waals surface area (Å²) in [6, 6.07) is 2.21. The molecule has 3 rings (SSSR count). The number of hydrogen-bond donors (Lipinski definition) is 1. The van der Waals surface area contributed by atoms with E-state index in [4.69, 9.17) is 0 Å². The number of thiophene rings is 1. The van der Waals surface area contributed by atoms with Gasteiger partial charge >= 0.3 is 0 Å². The van der Waals surface area contributed by atoms with E-state index in [1.165, 1.54) is 11.3 Å². The monoisotopic (exact) mass is 410 g/mol. The lowest BCUT2D eigenvalue weighted by atomic mass is 10.2. The van der Waals surface area contributed by atoms with Crippen molar-refractivity contribution < 1.29 is 0 Å². The van der Waals surface area contributed by atoms with Crippen LogP contribution in [0.4, 0.5) is 5.69 Å². The summed E-state index contributed by atoms with van der Waals surface area (Å²) >= 11 is 1.39. The van der Waals surface area contributed by atoms with Crippen LogP contribution in [0.3, 0.4) is 0 Å². The van der Waals surface area contributed by atoms with Crippen LogP contribution in [-0.4, -0.2) is 20.6 Å². The van der Waals surface area contributed by atoms with Crippen LogP contribution in [0.1, 0.15) is 47.5 Å². The third kappa shape index (κ3) is 5.01. The Labute approximate surface area is 176 Å². The maximum Gasteiger partial charge on any atom is 0.275 e. The van der Waals surface area contributed by atoms with Gasteiger partial charge < -0.3 is 5.32 Å². The van der Waals surface area contributed by atoms with Crippen LogP contribution >= 0.6 is 11.3 Å². The van der Waals surface area contributed by atoms with Crippen LogP contribution in [0.15, 0.2) is 54.3 Å². The molecule has 6 heteroatoms. The highest BCUT2D eigenvalue weighted by Crippen LogP contribution is 2.34. The van der Waals surface area contributed by atoms with E-state index in [1.54, 1.807) is 23.2 Å². The summed E-state index contributed by atoms with van der Waals surface area (Å²) < 4.78 is 2.22. The molecule has 29 heavy (non-hydrogen) atoms. The Morgan fingerprint density at radius 2 is 2.07 bits per heavy atom. The van der Waals surface area contributed by atoms with Gasteiger partial charge in [0.1, 0.15) is 15.9 Å². The fourth-order valence-corrected chi connectivity index (χ4v) is 3.99. The van der Waals surface area contributed by atoms with Gasteiger partial charge in [0.25, 0.3) is 5.56 Å². The second-order valence-corrected chi connectivity index (χ2v) is 7.51. The molecule has 0 spiro atoms. The number of nitrogens with one attached hydrogen (secondary N) is 1. The molecule has 1 N–H and O–H groups in total. The lowest BCUT2D eigenvalue weighted by Crippen LogP contribution is -2.19. The predicted octanol–water partition coefficient (Wildman–Crippen LogP) is 6.24. The Morgan fingerprint density at radius 3 is 2.72 bits per heavy atom. The summed E-state index contributed by atoms with van der Waals surface area (Å²) in [7, 11) is 0. The molecule has 0 amide bonds. The van der Waals surface area contributed by atoms with Crippen molar-refractivity contribution >= 4 is 43.2 Å². The smallest absolute Gasteiger partial charge is 0.275 e. The van der Waals surface area contributed by atoms with Crippen molar-refractivity contribution in [2.24, 2.45) is 0 Å². The van der Waals surface area contributed by atoms with Crippen molar-refractivity contribution in [3.05, 3.63) is 59.8 Å². The average molecular weight is 411 g/mol. The maximum atomic E-state index is 13.2. The van der Waals surface area contributed by atoms with Gasteiger partial charge in [-0.3, -0.25) is 9.36 Å². The molecule has 0 aromatic carbocycles. The zero-order valence-electron chi connectivity index (χ0n) is 17.9. The van der Waals surface area contributed by atoms with Crippen molar-refractivity contribution in [1.29, 1.82) is 0 Å². The predicted molar refractivity (Wildman–Crippen MR) is 128 cm³/mol. The number of hydrogen-bond acceptors (Lipinski definition) is 5. The van der Waals surface area contributed by atoms with Crippen LogP contribution in [0, 0.1) is 0 Å². The second kappa shape index (κ2) is 10.7. The first-order chi connectivity index (χ1) is 14.1. The average Bonchev–Trinajstić information content (AvgIpc) is 3.10. The molecule has 3 heterocycles. The van der Waals surface area contributed by atoms with Crippen LogP contribution < -0.4 is 10.9 Å². The minimum absolute atomic E-state index is 0.0727. The number of pyridine rings is 1. The molecule has 0 saturated heterocycles. The standard InChI is InChI=1S/C21H24N4OS.C2H6/c1-5-7-8-10-15(9-6-2)25-13-23-18-17-16(24-14(3)4)11-12-22-20(17)27-19(18)21(25)26;1-2/h6-9,11-14H,2,5,10H2,1,3-4H3,(H,22,24);1-2H3/b8-7-,15-9+;. The molecule has 0 bridgehead atoms. The molecule has 0 unspecified atom stereocenters. The molecule has 5 nitrogen and oxygen atoms in total. The molecular weight excluding hydrogens is 380 g/mol. The zero-order valence-corrected chi connectivity index (χ0v) is 18.7. The summed E-state index contributed by atoms with van der Waals surface area (Å²) in [5, 5.41) is 4.33. The number of nitrogens with zero attached hydrogens (tertiary/aromatic N) is 3. The summed E-state index contributed by atoms with van der Waals surface area (Å²) in [6.45, 7) is 14.0. The summed E-state index contributed by atoms with van der Waals surface area (Å²) in [6.07, 6.45) is 12.7. The van der Waals surface area contributed by atoms with Gasteiger partial charge in [0.15, 0.2) is 0 Å². The van der Waals surface area contributed by atoms with Gasteiger partial charge in [0.2, 0.25) is 0 Å². The van der Waals surface area contributed by atoms with E-state index in [1.807, 2.05) is 26.0 Å². The van der Waals surface area contributed by atoms with Crippen LogP contribution in [-0.2, 0) is 0 Å². The van der Waals surface area contributed by atoms with E-state index in [0.717, 1.165) is 28.0 Å². The van der Waals surface area contributed by atoms with E-state index >= 15 is 0 Å². The molecular formula is C23H30N4OS. The normalized spacial score (nSPS) is 11.9. The van der Waals surface area contributed by atoms with Crippen LogP contribution in [0.5, 0.6) is 0 Å². The van der Waals surface area contributed by atoms with Gasteiger partial charge in [0, 0.05) is 30.0 Å². The lowest BCUT2D eigenvalue weighted by molar-refractivity contribution is 0.901. The van der Waals surface area contributed by atoms with Crippen molar-refractivity contribution in [1.82, 2.24) is 14.5 Å². The fourth-order valence-electron chi connectivity index (χ4n) is 2.94. The molecule has 0 aliphatic carbocycles. The largest absolute Gasteiger partial charge is 0.382 e. The summed E-state index contributed by atoms with van der Waals surface area (Å²) in [4.78, 5) is 23.1. The van der Waals surface area contributed by atoms with Gasteiger partial charge in [-0.2, -0.15) is 0 Å². The van der Waals surface area contributed by atoms with Crippen LogP contribution in [0.2, 0.25) is 0 Å². The summed E-state index contributed by atoms with van der Waals surface area (Å²) in [5.74, 6) is 0. The number of allylic oxidation sites excluding steroid dienone is 5. The van der Waals surface area contributed by atoms with E-state index in [9.17, 15) is 4.79 Å². The third-order valence-electron chi connectivity index (χ3n) is 4.08. The Bertz CT molecular complexity index is 1090. The number of anilines is 1. The van der Waals surface area contributed by atoms with Gasteiger partial charge in [-0.05, 0) is 32.4 Å². The van der Waals surface area contributed by atoms with Crippen molar-refractivity contribution in [2.75, 3.05) is 5.32 Å². The number of aromatic nitrogens is 3. The van der Waals surface area contributed by atoms with E-state index in [0.29, 0.717) is 16.6 Å². The van der Waals surface area contributed by atoms with Crippen molar-refractivity contribution in [3.8, 4) is 0 Å². The highest BCUT2D eigenvalue weighted by atomic mass is 32.1. The Kier molecular flexibility index (Phi) is 8.34. The molecule has 3 aromatic heterocycles. The summed E-state index contributed by atoms with van der Waals surface area (Å²) in [5.41, 5.74) is 2.43. The Hall–Kier alpha value is -2.73. The highest BCUT2D eigenvalue weighted by Gasteiger charge is 2.16. The maximum absolute atomic E-state index is 13.2. The van der Waals surface area contributed by atoms with E-state index in [-0.39, 0.29) is 11.6 Å². The topological polar surface area (TPSA) is 59.8 Å². The molecule has 0 saturated carbocycles. The van der Waals surface area contributed by atoms with Gasteiger partial charge in [-0.1, -0.05) is 45.6 Å². The Balaban J connectivity index is 0.00000145. The molecule has 0 atom stereocenters. The highest BCUT2D eigenvalue weighted by molar-refractivity contribution is 7.25. The van der Waals surface area contributed by atoms with Gasteiger partial charge in [0.05, 0.1) is 10.9 Å². The fraction of sp³-hybridized carbons (Fsp3) is 0.348. The first kappa shape index (κ1) is 22.6. The second-order valence-electron chi connectivity index (χ2n) is 6.51. The quantitative estimate of drug-likeness (QED) is 0.370. The minimum Gasteiger partial charge on any atom is -0.382 e. The van der Waals surface area contributed by atoms with Crippen LogP contribution in [0.25, 0.3) is 26.1 Å². The SMILES string of the molecule is C=C/C=C(\C/C=C\CC)n1cnc2c(sc3nccc(NC(C)C)c32)c1=O.CC. The van der Waals surface area contributed by atoms with Crippen molar-refractivity contribution in [2.45, 2.75) is 53.5 Å². The first-order valence-electron chi connectivity index (χ1n) is 10.1. The van der Waals surface area contributed by atoms with E-state index < -0.39 is 0 Å². The molecule has 0 fully saturated rings. The number of rotatable bonds is 7. The first-order valence-corrected chi connectivity index (χ1v) is 10.9. The molecule has 3 aromatic rings. The molecule has 0 aliphatic heterocycles. The third-order valence-corrected chi connectivity index (χ3v) is 5.15. The number of fused-ring (bicyclic) bond motifs is 3.